The normalized spacial score (nSPS) is 16.2. The van der Waals surface area contributed by atoms with Gasteiger partial charge < -0.3 is 23.8 Å². The summed E-state index contributed by atoms with van der Waals surface area (Å²) >= 11 is 0. The van der Waals surface area contributed by atoms with Crippen LogP contribution in [0.4, 0.5) is 0 Å². The molecule has 0 unspecified atom stereocenters. The Bertz CT molecular complexity index is 1010. The lowest BCUT2D eigenvalue weighted by Gasteiger charge is -2.33. The van der Waals surface area contributed by atoms with Crippen LogP contribution in [0.2, 0.25) is 0 Å². The zero-order valence-corrected chi connectivity index (χ0v) is 17.9. The van der Waals surface area contributed by atoms with Crippen molar-refractivity contribution in [3.8, 4) is 11.5 Å². The summed E-state index contributed by atoms with van der Waals surface area (Å²) < 4.78 is 13.0. The number of hydrogen-bond donors (Lipinski definition) is 0. The number of piperazine rings is 1. The van der Waals surface area contributed by atoms with E-state index in [9.17, 15) is 9.59 Å². The van der Waals surface area contributed by atoms with Crippen LogP contribution in [-0.2, 0) is 13.0 Å². The second-order valence-corrected chi connectivity index (χ2v) is 8.09. The van der Waals surface area contributed by atoms with Crippen molar-refractivity contribution in [3.63, 3.8) is 0 Å². The molecule has 0 N–H and O–H groups in total. The Hall–Kier alpha value is -2.80. The van der Waals surface area contributed by atoms with Crippen LogP contribution >= 0.6 is 0 Å². The fraction of sp³-hybridized carbons (Fsp3) is 0.478. The van der Waals surface area contributed by atoms with Crippen LogP contribution in [0.1, 0.15) is 40.7 Å². The standard InChI is InChI=1S/C23H29N3O4/c1-4-5-18-22(23(28)25-10-8-24(3)9-11-25)19(27)12-16(2)26(18)14-17-6-7-20-21(13-17)30-15-29-20/h6-7,12-13H,4-5,8-11,14-15H2,1-3H3. The van der Waals surface area contributed by atoms with Gasteiger partial charge in [-0.1, -0.05) is 19.4 Å². The molecule has 1 aromatic carbocycles. The molecule has 2 aliphatic rings. The maximum atomic E-state index is 13.3. The summed E-state index contributed by atoms with van der Waals surface area (Å²) in [7, 11) is 2.05. The van der Waals surface area contributed by atoms with Crippen molar-refractivity contribution < 1.29 is 14.3 Å². The minimum Gasteiger partial charge on any atom is -0.454 e. The molecule has 2 aliphatic heterocycles. The molecule has 2 aromatic rings. The first kappa shape index (κ1) is 20.5. The Balaban J connectivity index is 1.72. The third-order valence-electron chi connectivity index (χ3n) is 5.90. The zero-order chi connectivity index (χ0) is 21.3. The lowest BCUT2D eigenvalue weighted by atomic mass is 10.0. The third kappa shape index (κ3) is 3.94. The first-order chi connectivity index (χ1) is 14.5. The number of amides is 1. The molecule has 160 valence electrons. The molecule has 7 heteroatoms. The van der Waals surface area contributed by atoms with Crippen molar-refractivity contribution in [2.45, 2.75) is 33.2 Å². The van der Waals surface area contributed by atoms with Gasteiger partial charge in [0.25, 0.3) is 5.91 Å². The van der Waals surface area contributed by atoms with Crippen LogP contribution in [0.3, 0.4) is 0 Å². The van der Waals surface area contributed by atoms with Crippen molar-refractivity contribution in [1.82, 2.24) is 14.4 Å². The molecule has 0 radical (unpaired) electrons. The third-order valence-corrected chi connectivity index (χ3v) is 5.90. The van der Waals surface area contributed by atoms with Gasteiger partial charge >= 0.3 is 0 Å². The molecule has 7 nitrogen and oxygen atoms in total. The number of rotatable bonds is 5. The molecule has 1 saturated heterocycles. The number of aryl methyl sites for hydroxylation is 1. The van der Waals surface area contributed by atoms with E-state index in [1.165, 1.54) is 0 Å². The van der Waals surface area contributed by atoms with E-state index >= 15 is 0 Å². The highest BCUT2D eigenvalue weighted by Gasteiger charge is 2.26. The van der Waals surface area contributed by atoms with E-state index in [-0.39, 0.29) is 18.1 Å². The average molecular weight is 412 g/mol. The number of likely N-dealkylation sites (N-methyl/N-ethyl adjacent to an activating group) is 1. The first-order valence-corrected chi connectivity index (χ1v) is 10.6. The number of carbonyl (C=O) groups excluding carboxylic acids is 1. The molecule has 0 spiro atoms. The van der Waals surface area contributed by atoms with Crippen LogP contribution in [-0.4, -0.2) is 60.3 Å². The van der Waals surface area contributed by atoms with Crippen LogP contribution < -0.4 is 14.9 Å². The minimum atomic E-state index is -0.179. The predicted octanol–water partition coefficient (Wildman–Crippen LogP) is 2.27. The number of ether oxygens (including phenoxy) is 2. The van der Waals surface area contributed by atoms with Crippen molar-refractivity contribution >= 4 is 5.91 Å². The van der Waals surface area contributed by atoms with Crippen LogP contribution in [0.25, 0.3) is 0 Å². The average Bonchev–Trinajstić information content (AvgIpc) is 3.19. The molecule has 0 bridgehead atoms. The van der Waals surface area contributed by atoms with Gasteiger partial charge in [-0.15, -0.1) is 0 Å². The van der Waals surface area contributed by atoms with E-state index in [1.54, 1.807) is 6.07 Å². The number of hydrogen-bond acceptors (Lipinski definition) is 5. The Morgan fingerprint density at radius 3 is 2.53 bits per heavy atom. The number of fused-ring (bicyclic) bond motifs is 1. The van der Waals surface area contributed by atoms with Gasteiger partial charge in [0.05, 0.1) is 0 Å². The van der Waals surface area contributed by atoms with E-state index < -0.39 is 0 Å². The quantitative estimate of drug-likeness (QED) is 0.755. The molecule has 1 aromatic heterocycles. The monoisotopic (exact) mass is 411 g/mol. The lowest BCUT2D eigenvalue weighted by molar-refractivity contribution is 0.0660. The first-order valence-electron chi connectivity index (χ1n) is 10.6. The van der Waals surface area contributed by atoms with Crippen LogP contribution in [0.5, 0.6) is 11.5 Å². The van der Waals surface area contributed by atoms with Gasteiger partial charge in [0, 0.05) is 50.2 Å². The van der Waals surface area contributed by atoms with Crippen molar-refractivity contribution in [2.75, 3.05) is 40.0 Å². The molecule has 30 heavy (non-hydrogen) atoms. The van der Waals surface area contributed by atoms with Gasteiger partial charge in [-0.25, -0.2) is 0 Å². The van der Waals surface area contributed by atoms with Gasteiger partial charge in [-0.3, -0.25) is 9.59 Å². The highest BCUT2D eigenvalue weighted by molar-refractivity contribution is 5.95. The Labute approximate surface area is 176 Å². The number of aromatic nitrogens is 1. The fourth-order valence-corrected chi connectivity index (χ4v) is 4.17. The zero-order valence-electron chi connectivity index (χ0n) is 17.9. The van der Waals surface area contributed by atoms with E-state index in [0.717, 1.165) is 48.0 Å². The molecular formula is C23H29N3O4. The highest BCUT2D eigenvalue weighted by Crippen LogP contribution is 2.33. The predicted molar refractivity (Wildman–Crippen MR) is 115 cm³/mol. The smallest absolute Gasteiger partial charge is 0.259 e. The molecule has 4 rings (SSSR count). The van der Waals surface area contributed by atoms with E-state index in [4.69, 9.17) is 9.47 Å². The largest absolute Gasteiger partial charge is 0.454 e. The molecule has 1 fully saturated rings. The molecule has 0 aliphatic carbocycles. The Kier molecular flexibility index (Phi) is 5.81. The maximum absolute atomic E-state index is 13.3. The molecule has 0 saturated carbocycles. The summed E-state index contributed by atoms with van der Waals surface area (Å²) in [5.74, 6) is 1.34. The summed E-state index contributed by atoms with van der Waals surface area (Å²) in [4.78, 5) is 30.3. The van der Waals surface area contributed by atoms with Gasteiger partial charge in [-0.2, -0.15) is 0 Å². The second-order valence-electron chi connectivity index (χ2n) is 8.09. The van der Waals surface area contributed by atoms with Crippen LogP contribution in [0, 0.1) is 6.92 Å². The molecule has 0 atom stereocenters. The lowest BCUT2D eigenvalue weighted by Crippen LogP contribution is -2.48. The van der Waals surface area contributed by atoms with Crippen molar-refractivity contribution in [1.29, 1.82) is 0 Å². The summed E-state index contributed by atoms with van der Waals surface area (Å²) in [5, 5.41) is 0. The SMILES string of the molecule is CCCc1c(C(=O)N2CCN(C)CC2)c(=O)cc(C)n1Cc1ccc2c(c1)OCO2. The summed E-state index contributed by atoms with van der Waals surface area (Å²) in [6.07, 6.45) is 1.53. The van der Waals surface area contributed by atoms with E-state index in [2.05, 4.69) is 23.4 Å². The second kappa shape index (κ2) is 8.52. The topological polar surface area (TPSA) is 64.0 Å². The molecule has 1 amide bonds. The number of nitrogens with zero attached hydrogens (tertiary/aromatic N) is 3. The minimum absolute atomic E-state index is 0.143. The van der Waals surface area contributed by atoms with E-state index in [1.807, 2.05) is 30.0 Å². The number of benzene rings is 1. The fourth-order valence-electron chi connectivity index (χ4n) is 4.17. The van der Waals surface area contributed by atoms with Gasteiger partial charge in [0.1, 0.15) is 5.56 Å². The number of pyridine rings is 1. The summed E-state index contributed by atoms with van der Waals surface area (Å²) in [6.45, 7) is 7.76. The molecular weight excluding hydrogens is 382 g/mol. The summed E-state index contributed by atoms with van der Waals surface area (Å²) in [5.41, 5.74) is 2.87. The number of carbonyl (C=O) groups is 1. The van der Waals surface area contributed by atoms with Gasteiger partial charge in [0.15, 0.2) is 16.9 Å². The van der Waals surface area contributed by atoms with Gasteiger partial charge in [0.2, 0.25) is 6.79 Å². The van der Waals surface area contributed by atoms with Crippen molar-refractivity contribution in [3.05, 3.63) is 57.0 Å². The van der Waals surface area contributed by atoms with E-state index in [0.29, 0.717) is 31.6 Å². The molecule has 3 heterocycles. The Morgan fingerprint density at radius 1 is 1.07 bits per heavy atom. The maximum Gasteiger partial charge on any atom is 0.259 e. The van der Waals surface area contributed by atoms with Gasteiger partial charge in [-0.05, 0) is 38.1 Å². The van der Waals surface area contributed by atoms with Crippen LogP contribution in [0.15, 0.2) is 29.1 Å². The van der Waals surface area contributed by atoms with Crippen molar-refractivity contribution in [2.24, 2.45) is 0 Å². The Morgan fingerprint density at radius 2 is 1.80 bits per heavy atom. The summed E-state index contributed by atoms with van der Waals surface area (Å²) in [6, 6.07) is 7.47. The highest BCUT2D eigenvalue weighted by atomic mass is 16.7.